The van der Waals surface area contributed by atoms with Crippen LogP contribution in [0.25, 0.3) is 0 Å². The van der Waals surface area contributed by atoms with Gasteiger partial charge in [-0.3, -0.25) is 9.59 Å². The van der Waals surface area contributed by atoms with E-state index in [1.807, 2.05) is 75.4 Å². The summed E-state index contributed by atoms with van der Waals surface area (Å²) in [5, 5.41) is 9.05. The minimum Gasteiger partial charge on any atom is -0.478 e. The molecule has 0 bridgehead atoms. The smallest absolute Gasteiger partial charge is 0.418 e. The van der Waals surface area contributed by atoms with Gasteiger partial charge in [-0.25, -0.2) is 4.79 Å². The molecule has 0 saturated carbocycles. The minimum atomic E-state index is -4.47. The molecule has 5 rings (SSSR count). The molecule has 0 spiro atoms. The van der Waals surface area contributed by atoms with E-state index < -0.39 is 17.7 Å². The van der Waals surface area contributed by atoms with Gasteiger partial charge in [0.25, 0.3) is 0 Å². The standard InChI is InChI=1S/C21H22F3NO2.C18H18O3/c1-15-3-2-4-16(11-15)12-18(26)13-17-5-6-20(19(14-17)21(22,23)24)25-7-9-27-10-8-25;1-12-4-3-5-14(6-12)10-17(19)11-15-7-13(2)8-16(9-15)18(20)21/h2-6,11,14H,7-10,12-13H2,1H3;3-9H,10-11H2,1-2H3,(H,20,21). The molecule has 0 radical (unpaired) electrons. The van der Waals surface area contributed by atoms with E-state index in [-0.39, 0.29) is 42.1 Å². The molecule has 48 heavy (non-hydrogen) atoms. The molecule has 1 N–H and O–H groups in total. The van der Waals surface area contributed by atoms with E-state index in [9.17, 15) is 27.6 Å². The van der Waals surface area contributed by atoms with Crippen molar-refractivity contribution in [3.8, 4) is 0 Å². The zero-order valence-electron chi connectivity index (χ0n) is 27.4. The maximum atomic E-state index is 13.6. The predicted octanol–water partition coefficient (Wildman–Crippen LogP) is 7.56. The maximum absolute atomic E-state index is 13.6. The summed E-state index contributed by atoms with van der Waals surface area (Å²) < 4.78 is 45.9. The van der Waals surface area contributed by atoms with Gasteiger partial charge in [0.1, 0.15) is 11.6 Å². The maximum Gasteiger partial charge on any atom is 0.418 e. The molecule has 0 amide bonds. The van der Waals surface area contributed by atoms with Crippen molar-refractivity contribution in [1.82, 2.24) is 0 Å². The quantitative estimate of drug-likeness (QED) is 0.189. The molecule has 4 aromatic rings. The highest BCUT2D eigenvalue weighted by Gasteiger charge is 2.35. The summed E-state index contributed by atoms with van der Waals surface area (Å²) in [6.07, 6.45) is -3.63. The molecule has 1 aliphatic rings. The summed E-state index contributed by atoms with van der Waals surface area (Å²) in [5.41, 5.74) is 5.74. The van der Waals surface area contributed by atoms with Crippen LogP contribution in [0.1, 0.15) is 54.9 Å². The average molecular weight is 660 g/mol. The Bertz CT molecular complexity index is 1760. The van der Waals surface area contributed by atoms with E-state index in [4.69, 9.17) is 9.84 Å². The molecule has 1 aliphatic heterocycles. The first kappa shape index (κ1) is 36.1. The van der Waals surface area contributed by atoms with Crippen LogP contribution >= 0.6 is 0 Å². The number of carboxylic acid groups (broad SMARTS) is 1. The van der Waals surface area contributed by atoms with E-state index in [0.717, 1.165) is 39.4 Å². The molecule has 9 heteroatoms. The predicted molar refractivity (Wildman–Crippen MR) is 180 cm³/mol. The van der Waals surface area contributed by atoms with Gasteiger partial charge in [0.05, 0.1) is 24.3 Å². The minimum absolute atomic E-state index is 0.0135. The summed E-state index contributed by atoms with van der Waals surface area (Å²) in [6, 6.07) is 24.7. The van der Waals surface area contributed by atoms with Crippen molar-refractivity contribution in [3.05, 3.63) is 135 Å². The zero-order valence-corrected chi connectivity index (χ0v) is 27.4. The van der Waals surface area contributed by atoms with Gasteiger partial charge in [-0.15, -0.1) is 0 Å². The number of Topliss-reactive ketones (excluding diaryl/α,β-unsaturated/α-hetero) is 2. The van der Waals surface area contributed by atoms with Crippen molar-refractivity contribution >= 4 is 23.2 Å². The highest BCUT2D eigenvalue weighted by atomic mass is 19.4. The van der Waals surface area contributed by atoms with Crippen LogP contribution in [0.5, 0.6) is 0 Å². The van der Waals surface area contributed by atoms with Crippen molar-refractivity contribution in [3.63, 3.8) is 0 Å². The molecule has 0 atom stereocenters. The summed E-state index contributed by atoms with van der Waals surface area (Å²) >= 11 is 0. The SMILES string of the molecule is Cc1cccc(CC(=O)Cc2cc(C)cc(C(=O)O)c2)c1.Cc1cccc(CC(=O)Cc2ccc(N3CCOCC3)c(C(F)(F)F)c2)c1. The monoisotopic (exact) mass is 659 g/mol. The number of nitrogens with zero attached hydrogens (tertiary/aromatic N) is 1. The number of halogens is 3. The highest BCUT2D eigenvalue weighted by Crippen LogP contribution is 2.37. The van der Waals surface area contributed by atoms with Crippen LogP contribution in [0.3, 0.4) is 0 Å². The van der Waals surface area contributed by atoms with Crippen molar-refractivity contribution in [2.75, 3.05) is 31.2 Å². The Labute approximate surface area is 279 Å². The number of alkyl halides is 3. The van der Waals surface area contributed by atoms with Gasteiger partial charge in [0.2, 0.25) is 0 Å². The number of hydrogen-bond donors (Lipinski definition) is 1. The topological polar surface area (TPSA) is 83.9 Å². The van der Waals surface area contributed by atoms with Crippen LogP contribution in [-0.2, 0) is 46.2 Å². The summed E-state index contributed by atoms with van der Waals surface area (Å²) in [4.78, 5) is 37.2. The van der Waals surface area contributed by atoms with E-state index in [0.29, 0.717) is 38.3 Å². The van der Waals surface area contributed by atoms with E-state index >= 15 is 0 Å². The first-order valence-electron chi connectivity index (χ1n) is 15.8. The number of carbonyl (C=O) groups excluding carboxylic acids is 2. The van der Waals surface area contributed by atoms with Gasteiger partial charge in [0, 0.05) is 44.5 Å². The summed E-state index contributed by atoms with van der Waals surface area (Å²) in [6.45, 7) is 7.44. The van der Waals surface area contributed by atoms with Gasteiger partial charge < -0.3 is 14.7 Å². The van der Waals surface area contributed by atoms with Gasteiger partial charge in [-0.05, 0) is 72.9 Å². The zero-order chi connectivity index (χ0) is 34.8. The molecule has 0 unspecified atom stereocenters. The van der Waals surface area contributed by atoms with E-state index in [1.54, 1.807) is 23.1 Å². The molecule has 1 saturated heterocycles. The number of anilines is 1. The fourth-order valence-corrected chi connectivity index (χ4v) is 5.77. The third kappa shape index (κ3) is 10.9. The second-order valence-corrected chi connectivity index (χ2v) is 12.2. The Hall–Kier alpha value is -4.76. The lowest BCUT2D eigenvalue weighted by molar-refractivity contribution is -0.137. The second-order valence-electron chi connectivity index (χ2n) is 12.2. The van der Waals surface area contributed by atoms with Crippen molar-refractivity contribution in [2.45, 2.75) is 52.6 Å². The lowest BCUT2D eigenvalue weighted by atomic mass is 9.99. The molecule has 4 aromatic carbocycles. The molecule has 252 valence electrons. The van der Waals surface area contributed by atoms with Gasteiger partial charge >= 0.3 is 12.1 Å². The number of carbonyl (C=O) groups is 3. The van der Waals surface area contributed by atoms with Gasteiger partial charge in [-0.1, -0.05) is 71.8 Å². The second kappa shape index (κ2) is 16.4. The lowest BCUT2D eigenvalue weighted by Gasteiger charge is -2.31. The van der Waals surface area contributed by atoms with E-state index in [2.05, 4.69) is 0 Å². The number of aromatic carboxylic acids is 1. The fourth-order valence-electron chi connectivity index (χ4n) is 5.77. The number of ketones is 2. The fraction of sp³-hybridized carbons (Fsp3) is 0.308. The third-order valence-corrected chi connectivity index (χ3v) is 7.87. The van der Waals surface area contributed by atoms with Crippen LogP contribution in [0.2, 0.25) is 0 Å². The Morgan fingerprint density at radius 2 is 1.17 bits per heavy atom. The molecule has 1 fully saturated rings. The Balaban J connectivity index is 0.000000224. The Kier molecular flexibility index (Phi) is 12.3. The molecule has 0 aliphatic carbocycles. The van der Waals surface area contributed by atoms with Crippen molar-refractivity contribution < 1.29 is 37.4 Å². The van der Waals surface area contributed by atoms with Gasteiger partial charge in [0.15, 0.2) is 0 Å². The first-order chi connectivity index (χ1) is 22.8. The third-order valence-electron chi connectivity index (χ3n) is 7.87. The summed E-state index contributed by atoms with van der Waals surface area (Å²) in [5.74, 6) is -0.985. The highest BCUT2D eigenvalue weighted by molar-refractivity contribution is 5.89. The van der Waals surface area contributed by atoms with Crippen LogP contribution < -0.4 is 4.90 Å². The summed E-state index contributed by atoms with van der Waals surface area (Å²) in [7, 11) is 0. The molecule has 1 heterocycles. The number of aryl methyl sites for hydroxylation is 3. The van der Waals surface area contributed by atoms with Crippen molar-refractivity contribution in [1.29, 1.82) is 0 Å². The van der Waals surface area contributed by atoms with Crippen LogP contribution in [-0.4, -0.2) is 48.9 Å². The molecule has 6 nitrogen and oxygen atoms in total. The first-order valence-corrected chi connectivity index (χ1v) is 15.8. The van der Waals surface area contributed by atoms with Crippen LogP contribution in [0.4, 0.5) is 18.9 Å². The number of ether oxygens (including phenoxy) is 1. The molecule has 0 aromatic heterocycles. The molecular weight excluding hydrogens is 619 g/mol. The van der Waals surface area contributed by atoms with Crippen LogP contribution in [0, 0.1) is 20.8 Å². The number of morpholine rings is 1. The number of rotatable bonds is 10. The number of benzene rings is 4. The Morgan fingerprint density at radius 1 is 0.667 bits per heavy atom. The van der Waals surface area contributed by atoms with Crippen molar-refractivity contribution in [2.24, 2.45) is 0 Å². The number of hydrogen-bond acceptors (Lipinski definition) is 5. The number of carboxylic acids is 1. The van der Waals surface area contributed by atoms with E-state index in [1.165, 1.54) is 6.07 Å². The Morgan fingerprint density at radius 3 is 1.67 bits per heavy atom. The normalized spacial score (nSPS) is 13.0. The lowest BCUT2D eigenvalue weighted by Crippen LogP contribution is -2.37. The molecular formula is C39H40F3NO5. The van der Waals surface area contributed by atoms with Gasteiger partial charge in [-0.2, -0.15) is 13.2 Å². The largest absolute Gasteiger partial charge is 0.478 e. The average Bonchev–Trinajstić information content (AvgIpc) is 3.01. The van der Waals surface area contributed by atoms with Crippen LogP contribution in [0.15, 0.2) is 84.9 Å².